The first kappa shape index (κ1) is 20.7. The van der Waals surface area contributed by atoms with E-state index < -0.39 is 0 Å². The fourth-order valence-electron chi connectivity index (χ4n) is 3.58. The molecule has 0 unspecified atom stereocenters. The van der Waals surface area contributed by atoms with Gasteiger partial charge in [0.1, 0.15) is 0 Å². The summed E-state index contributed by atoms with van der Waals surface area (Å²) in [4.78, 5) is 21.2. The molecule has 0 spiro atoms. The van der Waals surface area contributed by atoms with Crippen LogP contribution in [0, 0.1) is 0 Å². The zero-order chi connectivity index (χ0) is 19.9. The first-order valence-corrected chi connectivity index (χ1v) is 10.8. The number of carbonyl (C=O) groups excluding carboxylic acids is 1. The van der Waals surface area contributed by atoms with Gasteiger partial charge < -0.3 is 4.90 Å². The van der Waals surface area contributed by atoms with Crippen LogP contribution >= 0.6 is 15.9 Å². The zero-order valence-corrected chi connectivity index (χ0v) is 18.3. The van der Waals surface area contributed by atoms with Crippen LogP contribution in [0.2, 0.25) is 0 Å². The SMILES string of the molecule is CCN(CC)C(=O)c1ccc(C(Br)=C2CCN(Cc3ccccn3)CC2)cc1. The fraction of sp³-hybridized carbons (Fsp3) is 0.391. The lowest BCUT2D eigenvalue weighted by Gasteiger charge is -2.28. The van der Waals surface area contributed by atoms with E-state index in [-0.39, 0.29) is 5.91 Å². The van der Waals surface area contributed by atoms with E-state index in [0.29, 0.717) is 0 Å². The zero-order valence-electron chi connectivity index (χ0n) is 16.7. The van der Waals surface area contributed by atoms with E-state index in [9.17, 15) is 4.79 Å². The molecule has 0 saturated carbocycles. The summed E-state index contributed by atoms with van der Waals surface area (Å²) < 4.78 is 1.17. The lowest BCUT2D eigenvalue weighted by molar-refractivity contribution is 0.0773. The number of pyridine rings is 1. The van der Waals surface area contributed by atoms with Gasteiger partial charge in [0.25, 0.3) is 5.91 Å². The quantitative estimate of drug-likeness (QED) is 0.634. The summed E-state index contributed by atoms with van der Waals surface area (Å²) >= 11 is 3.81. The molecule has 148 valence electrons. The number of piperidine rings is 1. The molecule has 0 aliphatic carbocycles. The number of nitrogens with zero attached hydrogens (tertiary/aromatic N) is 3. The highest BCUT2D eigenvalue weighted by Crippen LogP contribution is 2.31. The van der Waals surface area contributed by atoms with Crippen molar-refractivity contribution in [2.24, 2.45) is 0 Å². The normalized spacial score (nSPS) is 14.8. The second-order valence-electron chi connectivity index (χ2n) is 7.07. The van der Waals surface area contributed by atoms with Crippen LogP contribution in [0.25, 0.3) is 4.48 Å². The largest absolute Gasteiger partial charge is 0.339 e. The van der Waals surface area contributed by atoms with Gasteiger partial charge in [0, 0.05) is 49.0 Å². The molecule has 2 heterocycles. The predicted molar refractivity (Wildman–Crippen MR) is 118 cm³/mol. The van der Waals surface area contributed by atoms with E-state index >= 15 is 0 Å². The monoisotopic (exact) mass is 441 g/mol. The van der Waals surface area contributed by atoms with E-state index in [1.165, 1.54) is 10.1 Å². The van der Waals surface area contributed by atoms with Gasteiger partial charge in [-0.25, -0.2) is 0 Å². The lowest BCUT2D eigenvalue weighted by Crippen LogP contribution is -2.30. The molecular weight excluding hydrogens is 414 g/mol. The van der Waals surface area contributed by atoms with Crippen molar-refractivity contribution in [2.45, 2.75) is 33.2 Å². The van der Waals surface area contributed by atoms with Gasteiger partial charge in [-0.15, -0.1) is 0 Å². The number of benzene rings is 1. The number of likely N-dealkylation sites (tertiary alicyclic amines) is 1. The van der Waals surface area contributed by atoms with Crippen molar-refractivity contribution in [3.63, 3.8) is 0 Å². The summed E-state index contributed by atoms with van der Waals surface area (Å²) in [7, 11) is 0. The first-order valence-electron chi connectivity index (χ1n) is 10.0. The summed E-state index contributed by atoms with van der Waals surface area (Å²) in [5.74, 6) is 0.100. The maximum atomic E-state index is 12.5. The molecule has 1 aromatic carbocycles. The Hall–Kier alpha value is -1.98. The van der Waals surface area contributed by atoms with Crippen LogP contribution in [0.15, 0.2) is 54.2 Å². The highest BCUT2D eigenvalue weighted by atomic mass is 79.9. The van der Waals surface area contributed by atoms with Gasteiger partial charge in [-0.05, 0) is 56.5 Å². The van der Waals surface area contributed by atoms with Crippen molar-refractivity contribution in [2.75, 3.05) is 26.2 Å². The molecule has 2 aromatic rings. The number of hydrogen-bond acceptors (Lipinski definition) is 3. The Morgan fingerprint density at radius 1 is 1.04 bits per heavy atom. The molecule has 1 fully saturated rings. The summed E-state index contributed by atoms with van der Waals surface area (Å²) in [5, 5.41) is 0. The van der Waals surface area contributed by atoms with Crippen LogP contribution in [0.5, 0.6) is 0 Å². The van der Waals surface area contributed by atoms with Crippen LogP contribution in [0.1, 0.15) is 48.3 Å². The highest BCUT2D eigenvalue weighted by molar-refractivity contribution is 9.15. The van der Waals surface area contributed by atoms with Gasteiger partial charge in [0.2, 0.25) is 0 Å². The Bertz CT molecular complexity index is 804. The standard InChI is InChI=1S/C23H28BrN3O/c1-3-27(4-2)23(28)20-10-8-18(9-11-20)22(24)19-12-15-26(16-13-19)17-21-7-5-6-14-25-21/h5-11,14H,3-4,12-13,15-17H2,1-2H3. The minimum Gasteiger partial charge on any atom is -0.339 e. The number of halogens is 1. The van der Waals surface area contributed by atoms with Crippen LogP contribution in [-0.2, 0) is 6.54 Å². The number of aromatic nitrogens is 1. The van der Waals surface area contributed by atoms with Crippen LogP contribution in [0.3, 0.4) is 0 Å². The summed E-state index contributed by atoms with van der Waals surface area (Å²) in [6.45, 7) is 8.49. The van der Waals surface area contributed by atoms with Crippen LogP contribution in [-0.4, -0.2) is 46.9 Å². The summed E-state index contributed by atoms with van der Waals surface area (Å²) in [6, 6.07) is 14.1. The molecule has 4 nitrogen and oxygen atoms in total. The van der Waals surface area contributed by atoms with Crippen LogP contribution in [0.4, 0.5) is 0 Å². The number of hydrogen-bond donors (Lipinski definition) is 0. The van der Waals surface area contributed by atoms with E-state index in [1.807, 2.05) is 61.3 Å². The average molecular weight is 442 g/mol. The topological polar surface area (TPSA) is 36.4 Å². The third kappa shape index (κ3) is 5.09. The molecule has 1 aliphatic rings. The lowest BCUT2D eigenvalue weighted by atomic mass is 10.00. The van der Waals surface area contributed by atoms with Crippen molar-refractivity contribution in [3.05, 3.63) is 71.1 Å². The fourth-order valence-corrected chi connectivity index (χ4v) is 4.24. The Kier molecular flexibility index (Phi) is 7.40. The number of rotatable bonds is 6. The molecule has 5 heteroatoms. The van der Waals surface area contributed by atoms with Crippen LogP contribution < -0.4 is 0 Å². The highest BCUT2D eigenvalue weighted by Gasteiger charge is 2.18. The smallest absolute Gasteiger partial charge is 0.253 e. The molecule has 1 amide bonds. The van der Waals surface area contributed by atoms with Crippen molar-refractivity contribution in [3.8, 4) is 0 Å². The van der Waals surface area contributed by atoms with Crippen molar-refractivity contribution in [1.82, 2.24) is 14.8 Å². The van der Waals surface area contributed by atoms with Crippen molar-refractivity contribution >= 4 is 26.3 Å². The van der Waals surface area contributed by atoms with Crippen molar-refractivity contribution < 1.29 is 4.79 Å². The van der Waals surface area contributed by atoms with Crippen molar-refractivity contribution in [1.29, 1.82) is 0 Å². The van der Waals surface area contributed by atoms with E-state index in [0.717, 1.165) is 62.4 Å². The molecule has 0 N–H and O–H groups in total. The summed E-state index contributed by atoms with van der Waals surface area (Å²) in [5.41, 5.74) is 4.47. The number of amides is 1. The van der Waals surface area contributed by atoms with Gasteiger partial charge in [-0.3, -0.25) is 14.7 Å². The molecule has 1 aliphatic heterocycles. The molecule has 0 radical (unpaired) electrons. The van der Waals surface area contributed by atoms with E-state index in [2.05, 4.69) is 31.9 Å². The third-order valence-electron chi connectivity index (χ3n) is 5.32. The minimum absolute atomic E-state index is 0.100. The predicted octanol–water partition coefficient (Wildman–Crippen LogP) is 4.97. The van der Waals surface area contributed by atoms with Gasteiger partial charge in [-0.1, -0.05) is 39.7 Å². The molecule has 0 atom stereocenters. The molecule has 28 heavy (non-hydrogen) atoms. The Balaban J connectivity index is 1.63. The van der Waals surface area contributed by atoms with Gasteiger partial charge >= 0.3 is 0 Å². The first-order chi connectivity index (χ1) is 13.6. The average Bonchev–Trinajstić information content (AvgIpc) is 2.75. The third-order valence-corrected chi connectivity index (χ3v) is 6.34. The molecular formula is C23H28BrN3O. The molecule has 1 saturated heterocycles. The molecule has 1 aromatic heterocycles. The van der Waals surface area contributed by atoms with Gasteiger partial charge in [0.05, 0.1) is 5.69 Å². The van der Waals surface area contributed by atoms with Gasteiger partial charge in [0.15, 0.2) is 0 Å². The minimum atomic E-state index is 0.100. The molecule has 3 rings (SSSR count). The Morgan fingerprint density at radius 3 is 2.25 bits per heavy atom. The second kappa shape index (κ2) is 9.99. The maximum absolute atomic E-state index is 12.5. The van der Waals surface area contributed by atoms with E-state index in [4.69, 9.17) is 0 Å². The van der Waals surface area contributed by atoms with Gasteiger partial charge in [-0.2, -0.15) is 0 Å². The number of carbonyl (C=O) groups is 1. The maximum Gasteiger partial charge on any atom is 0.253 e. The van der Waals surface area contributed by atoms with E-state index in [1.54, 1.807) is 0 Å². The second-order valence-corrected chi connectivity index (χ2v) is 7.86. The summed E-state index contributed by atoms with van der Waals surface area (Å²) in [6.07, 6.45) is 3.96. The molecule has 0 bridgehead atoms. The Labute approximate surface area is 176 Å². The Morgan fingerprint density at radius 2 is 1.68 bits per heavy atom.